The molecule has 0 aliphatic carbocycles. The first kappa shape index (κ1) is 26.8. The lowest BCUT2D eigenvalue weighted by Gasteiger charge is -2.33. The van der Waals surface area contributed by atoms with Crippen molar-refractivity contribution in [2.24, 2.45) is 5.73 Å². The van der Waals surface area contributed by atoms with E-state index in [4.69, 9.17) is 5.73 Å². The first-order chi connectivity index (χ1) is 18.3. The molecule has 39 heavy (non-hydrogen) atoms. The Bertz CT molecular complexity index is 1900. The van der Waals surface area contributed by atoms with Crippen molar-refractivity contribution in [3.8, 4) is 6.07 Å². The van der Waals surface area contributed by atoms with Gasteiger partial charge in [-0.2, -0.15) is 18.4 Å². The van der Waals surface area contributed by atoms with Crippen molar-refractivity contribution in [3.05, 3.63) is 88.9 Å². The summed E-state index contributed by atoms with van der Waals surface area (Å²) in [6.45, 7) is 3.46. The van der Waals surface area contributed by atoms with Crippen LogP contribution in [-0.4, -0.2) is 34.8 Å². The summed E-state index contributed by atoms with van der Waals surface area (Å²) < 4.78 is 73.4. The van der Waals surface area contributed by atoms with Crippen LogP contribution in [0.1, 0.15) is 28.1 Å². The monoisotopic (exact) mass is 569 g/mol. The van der Waals surface area contributed by atoms with E-state index >= 15 is 13.2 Å². The van der Waals surface area contributed by atoms with Crippen molar-refractivity contribution in [2.75, 3.05) is 6.26 Å². The fourth-order valence-corrected chi connectivity index (χ4v) is 6.91. The molecule has 0 saturated heterocycles. The van der Waals surface area contributed by atoms with Gasteiger partial charge in [0.05, 0.1) is 33.1 Å². The number of hydrogen-bond acceptors (Lipinski definition) is 6. The van der Waals surface area contributed by atoms with E-state index in [9.17, 15) is 13.7 Å². The highest BCUT2D eigenvalue weighted by molar-refractivity contribution is 7.98. The van der Waals surface area contributed by atoms with Crippen LogP contribution in [0.5, 0.6) is 0 Å². The molecule has 5 aromatic rings. The summed E-state index contributed by atoms with van der Waals surface area (Å²) in [5.74, 6) is -0.574. The maximum absolute atomic E-state index is 15.1. The smallest absolute Gasteiger partial charge is 0.340 e. The number of aromatic amines is 1. The lowest BCUT2D eigenvalue weighted by molar-refractivity contribution is -0.178. The number of hydrogen-bond donors (Lipinski definition) is 2. The Morgan fingerprint density at radius 3 is 2.38 bits per heavy atom. The second-order valence-corrected chi connectivity index (χ2v) is 11.9. The molecule has 0 aliphatic rings. The Balaban J connectivity index is 1.84. The van der Waals surface area contributed by atoms with E-state index in [-0.39, 0.29) is 42.9 Å². The third-order valence-corrected chi connectivity index (χ3v) is 9.16. The molecule has 1 unspecified atom stereocenters. The molecular formula is C27H22F3N5O2S2. The van der Waals surface area contributed by atoms with Crippen LogP contribution >= 0.6 is 11.8 Å². The van der Waals surface area contributed by atoms with Crippen LogP contribution in [0.25, 0.3) is 21.9 Å². The molecule has 3 aromatic carbocycles. The zero-order chi connectivity index (χ0) is 28.3. The zero-order valence-corrected chi connectivity index (χ0v) is 22.6. The number of fused-ring (bicyclic) bond motifs is 2. The molecule has 7 nitrogen and oxygen atoms in total. The maximum Gasteiger partial charge on any atom is 0.417 e. The van der Waals surface area contributed by atoms with Crippen LogP contribution in [-0.2, 0) is 15.6 Å². The van der Waals surface area contributed by atoms with Gasteiger partial charge in [0, 0.05) is 22.0 Å². The Hall–Kier alpha value is -3.79. The fraction of sp³-hybridized carbons (Fsp3) is 0.185. The minimum Gasteiger partial charge on any atom is -0.340 e. The number of H-pyrrole nitrogens is 1. The van der Waals surface area contributed by atoms with Gasteiger partial charge in [-0.25, -0.2) is 17.4 Å². The number of aromatic nitrogens is 3. The van der Waals surface area contributed by atoms with Gasteiger partial charge in [0.2, 0.25) is 0 Å². The van der Waals surface area contributed by atoms with Crippen molar-refractivity contribution in [1.82, 2.24) is 13.9 Å². The van der Waals surface area contributed by atoms with Crippen LogP contribution in [0, 0.1) is 25.2 Å². The second-order valence-electron chi connectivity index (χ2n) is 9.20. The van der Waals surface area contributed by atoms with Gasteiger partial charge in [-0.15, -0.1) is 11.8 Å². The number of halogens is 3. The molecule has 0 bridgehead atoms. The van der Waals surface area contributed by atoms with E-state index in [2.05, 4.69) is 9.97 Å². The molecule has 0 spiro atoms. The summed E-state index contributed by atoms with van der Waals surface area (Å²) in [7, 11) is -4.14. The van der Waals surface area contributed by atoms with Gasteiger partial charge in [-0.3, -0.25) is 0 Å². The Morgan fingerprint density at radius 2 is 1.77 bits per heavy atom. The quantitative estimate of drug-likeness (QED) is 0.261. The Morgan fingerprint density at radius 1 is 1.08 bits per heavy atom. The van der Waals surface area contributed by atoms with Crippen LogP contribution in [0.3, 0.4) is 0 Å². The molecule has 0 fully saturated rings. The molecule has 0 aliphatic heterocycles. The molecule has 3 N–H and O–H groups in total. The number of alkyl halides is 3. The molecule has 0 radical (unpaired) electrons. The van der Waals surface area contributed by atoms with E-state index in [1.807, 2.05) is 13.0 Å². The predicted octanol–water partition coefficient (Wildman–Crippen LogP) is 5.73. The Kier molecular flexibility index (Phi) is 6.29. The standard InChI is InChI=1S/C27H22F3N5O2S2/c1-15-4-7-18(8-5-15)39(36,37)35-11-10-19-23(22(38-3)12-16(2)24(19)35)26(32,27(28,29)30)25-33-20-9-6-17(14-31)13-21(20)34-25/h4-13H,32H2,1-3H3,(H,33,34). The van der Waals surface area contributed by atoms with Crippen LogP contribution < -0.4 is 5.73 Å². The number of nitrogens with two attached hydrogens (primary N) is 1. The first-order valence-corrected chi connectivity index (χ1v) is 14.3. The average molecular weight is 570 g/mol. The highest BCUT2D eigenvalue weighted by Gasteiger charge is 2.58. The summed E-state index contributed by atoms with van der Waals surface area (Å²) in [5, 5.41) is 9.24. The molecule has 2 heterocycles. The molecule has 5 rings (SSSR count). The lowest BCUT2D eigenvalue weighted by atomic mass is 9.86. The third-order valence-electron chi connectivity index (χ3n) is 6.71. The number of nitrogens with zero attached hydrogens (tertiary/aromatic N) is 3. The van der Waals surface area contributed by atoms with Crippen molar-refractivity contribution < 1.29 is 21.6 Å². The largest absolute Gasteiger partial charge is 0.417 e. The molecule has 1 atom stereocenters. The van der Waals surface area contributed by atoms with Crippen molar-refractivity contribution in [2.45, 2.75) is 35.4 Å². The topological polar surface area (TPSA) is 118 Å². The van der Waals surface area contributed by atoms with Crippen molar-refractivity contribution >= 4 is 43.7 Å². The predicted molar refractivity (Wildman–Crippen MR) is 144 cm³/mol. The third kappa shape index (κ3) is 4.09. The minimum absolute atomic E-state index is 0.000840. The number of thioether (sulfide) groups is 1. The summed E-state index contributed by atoms with van der Waals surface area (Å²) in [5.41, 5.74) is 4.96. The van der Waals surface area contributed by atoms with Gasteiger partial charge in [0.1, 0.15) is 5.82 Å². The molecule has 200 valence electrons. The van der Waals surface area contributed by atoms with Crippen molar-refractivity contribution in [3.63, 3.8) is 0 Å². The summed E-state index contributed by atoms with van der Waals surface area (Å²) in [6.07, 6.45) is -2.17. The first-order valence-electron chi connectivity index (χ1n) is 11.6. The normalized spacial score (nSPS) is 14.0. The van der Waals surface area contributed by atoms with E-state index in [0.29, 0.717) is 5.56 Å². The van der Waals surface area contributed by atoms with Crippen LogP contribution in [0.2, 0.25) is 0 Å². The maximum atomic E-state index is 15.1. The number of nitrogens with one attached hydrogen (secondary N) is 1. The lowest BCUT2D eigenvalue weighted by Crippen LogP contribution is -2.52. The van der Waals surface area contributed by atoms with Gasteiger partial charge in [-0.1, -0.05) is 17.7 Å². The average Bonchev–Trinajstić information content (AvgIpc) is 3.53. The van der Waals surface area contributed by atoms with E-state index in [0.717, 1.165) is 21.3 Å². The van der Waals surface area contributed by atoms with E-state index in [1.165, 1.54) is 48.7 Å². The highest BCUT2D eigenvalue weighted by Crippen LogP contribution is 2.48. The van der Waals surface area contributed by atoms with Gasteiger partial charge < -0.3 is 10.7 Å². The summed E-state index contributed by atoms with van der Waals surface area (Å²) in [6, 6.07) is 15.3. The SMILES string of the molecule is CSc1cc(C)c2c(ccn2S(=O)(=O)c2ccc(C)cc2)c1C(N)(c1nc2ccc(C#N)cc2[nH]1)C(F)(F)F. The van der Waals surface area contributed by atoms with Gasteiger partial charge >= 0.3 is 6.18 Å². The molecule has 12 heteroatoms. The highest BCUT2D eigenvalue weighted by atomic mass is 32.2. The number of nitriles is 1. The minimum atomic E-state index is -5.04. The van der Waals surface area contributed by atoms with Crippen LogP contribution in [0.15, 0.2) is 70.6 Å². The number of imidazole rings is 1. The Labute approximate surface area is 226 Å². The van der Waals surface area contributed by atoms with Crippen molar-refractivity contribution in [1.29, 1.82) is 5.26 Å². The van der Waals surface area contributed by atoms with E-state index in [1.54, 1.807) is 25.3 Å². The summed E-state index contributed by atoms with van der Waals surface area (Å²) in [4.78, 5) is 7.07. The number of rotatable bonds is 5. The molecule has 2 aromatic heterocycles. The number of benzene rings is 3. The summed E-state index contributed by atoms with van der Waals surface area (Å²) >= 11 is 1.07. The second kappa shape index (κ2) is 9.15. The molecular weight excluding hydrogens is 547 g/mol. The van der Waals surface area contributed by atoms with Crippen LogP contribution in [0.4, 0.5) is 13.2 Å². The van der Waals surface area contributed by atoms with Gasteiger partial charge in [0.25, 0.3) is 10.0 Å². The van der Waals surface area contributed by atoms with E-state index < -0.39 is 27.6 Å². The van der Waals surface area contributed by atoms with Gasteiger partial charge in [0.15, 0.2) is 5.54 Å². The molecule has 0 amide bonds. The fourth-order valence-electron chi connectivity index (χ4n) is 4.72. The van der Waals surface area contributed by atoms with Gasteiger partial charge in [-0.05, 0) is 68.1 Å². The molecule has 0 saturated carbocycles. The number of aryl methyl sites for hydroxylation is 2. The zero-order valence-electron chi connectivity index (χ0n) is 21.0.